The Morgan fingerprint density at radius 1 is 1.37 bits per heavy atom. The molecule has 19 heavy (non-hydrogen) atoms. The Morgan fingerprint density at radius 2 is 2.05 bits per heavy atom. The number of carbonyl (C=O) groups is 1. The average molecular weight is 265 g/mol. The van der Waals surface area contributed by atoms with Crippen LogP contribution in [0, 0.1) is 0 Å². The third-order valence-electron chi connectivity index (χ3n) is 2.99. The van der Waals surface area contributed by atoms with Crippen LogP contribution in [0.25, 0.3) is 0 Å². The van der Waals surface area contributed by atoms with Gasteiger partial charge in [0.1, 0.15) is 18.0 Å². The van der Waals surface area contributed by atoms with E-state index in [4.69, 9.17) is 0 Å². The zero-order valence-corrected chi connectivity index (χ0v) is 12.3. The number of hydrogen-bond donors (Lipinski definition) is 2. The van der Waals surface area contributed by atoms with E-state index in [2.05, 4.69) is 34.4 Å². The predicted octanol–water partition coefficient (Wildman–Crippen LogP) is 1.21. The van der Waals surface area contributed by atoms with Crippen LogP contribution in [0.5, 0.6) is 0 Å². The van der Waals surface area contributed by atoms with Crippen molar-refractivity contribution in [2.45, 2.75) is 26.2 Å². The molecule has 0 bridgehead atoms. The molecule has 0 aliphatic carbocycles. The van der Waals surface area contributed by atoms with Gasteiger partial charge in [0, 0.05) is 39.7 Å². The highest BCUT2D eigenvalue weighted by atomic mass is 16.1. The fourth-order valence-electron chi connectivity index (χ4n) is 1.92. The molecule has 6 nitrogen and oxygen atoms in total. The Bertz CT molecular complexity index is 433. The molecule has 0 saturated carbocycles. The molecular weight excluding hydrogens is 242 g/mol. The first-order valence-corrected chi connectivity index (χ1v) is 6.45. The molecule has 1 heterocycles. The van der Waals surface area contributed by atoms with Gasteiger partial charge in [0.25, 0.3) is 0 Å². The molecule has 6 heteroatoms. The van der Waals surface area contributed by atoms with Gasteiger partial charge < -0.3 is 15.5 Å². The minimum atomic E-state index is 0.0286. The first kappa shape index (κ1) is 15.2. The summed E-state index contributed by atoms with van der Waals surface area (Å²) in [6, 6.07) is 0. The summed E-state index contributed by atoms with van der Waals surface area (Å²) in [6.07, 6.45) is 1.99. The van der Waals surface area contributed by atoms with Gasteiger partial charge in [-0.1, -0.05) is 13.8 Å². The first-order valence-electron chi connectivity index (χ1n) is 6.45. The van der Waals surface area contributed by atoms with Crippen LogP contribution >= 0.6 is 0 Å². The molecule has 0 aliphatic heterocycles. The Morgan fingerprint density at radius 3 is 2.58 bits per heavy atom. The van der Waals surface area contributed by atoms with Crippen molar-refractivity contribution in [3.05, 3.63) is 11.9 Å². The van der Waals surface area contributed by atoms with Gasteiger partial charge in [-0.3, -0.25) is 4.79 Å². The molecule has 1 aromatic rings. The van der Waals surface area contributed by atoms with Crippen molar-refractivity contribution in [1.29, 1.82) is 0 Å². The van der Waals surface area contributed by atoms with Crippen molar-refractivity contribution < 1.29 is 4.79 Å². The van der Waals surface area contributed by atoms with Crippen LogP contribution in [0.2, 0.25) is 0 Å². The second-order valence-corrected chi connectivity index (χ2v) is 4.71. The SMILES string of the molecule is CNC(=O)CCN(C)c1ncnc(NC)c1C(C)C. The molecule has 0 aromatic carbocycles. The molecule has 0 spiro atoms. The van der Waals surface area contributed by atoms with E-state index in [1.54, 1.807) is 13.4 Å². The number of nitrogens with one attached hydrogen (secondary N) is 2. The van der Waals surface area contributed by atoms with Gasteiger partial charge in [0.2, 0.25) is 5.91 Å². The van der Waals surface area contributed by atoms with Crippen LogP contribution < -0.4 is 15.5 Å². The van der Waals surface area contributed by atoms with Crippen LogP contribution in [-0.2, 0) is 4.79 Å². The fourth-order valence-corrected chi connectivity index (χ4v) is 1.92. The molecular formula is C13H23N5O. The number of rotatable bonds is 6. The zero-order valence-electron chi connectivity index (χ0n) is 12.3. The molecule has 0 aliphatic rings. The summed E-state index contributed by atoms with van der Waals surface area (Å²) >= 11 is 0. The normalized spacial score (nSPS) is 10.4. The van der Waals surface area contributed by atoms with Crippen molar-refractivity contribution in [2.75, 3.05) is 37.9 Å². The van der Waals surface area contributed by atoms with Gasteiger partial charge in [-0.15, -0.1) is 0 Å². The van der Waals surface area contributed by atoms with Gasteiger partial charge in [0.15, 0.2) is 0 Å². The monoisotopic (exact) mass is 265 g/mol. The molecule has 0 fully saturated rings. The topological polar surface area (TPSA) is 70.2 Å². The molecule has 0 saturated heterocycles. The highest BCUT2D eigenvalue weighted by Gasteiger charge is 2.17. The van der Waals surface area contributed by atoms with Gasteiger partial charge in [-0.2, -0.15) is 0 Å². The van der Waals surface area contributed by atoms with Crippen LogP contribution in [-0.4, -0.2) is 43.6 Å². The summed E-state index contributed by atoms with van der Waals surface area (Å²) < 4.78 is 0. The van der Waals surface area contributed by atoms with E-state index in [0.29, 0.717) is 18.9 Å². The summed E-state index contributed by atoms with van der Waals surface area (Å²) in [7, 11) is 5.44. The van der Waals surface area contributed by atoms with Gasteiger partial charge in [-0.25, -0.2) is 9.97 Å². The summed E-state index contributed by atoms with van der Waals surface area (Å²) in [5.74, 6) is 2.05. The lowest BCUT2D eigenvalue weighted by atomic mass is 10.0. The van der Waals surface area contributed by atoms with Gasteiger partial charge in [0.05, 0.1) is 0 Å². The maximum absolute atomic E-state index is 11.3. The van der Waals surface area contributed by atoms with E-state index >= 15 is 0 Å². The number of hydrogen-bond acceptors (Lipinski definition) is 5. The average Bonchev–Trinajstić information content (AvgIpc) is 2.42. The highest BCUT2D eigenvalue weighted by Crippen LogP contribution is 2.29. The summed E-state index contributed by atoms with van der Waals surface area (Å²) in [5.41, 5.74) is 1.07. The number of aromatic nitrogens is 2. The second kappa shape index (κ2) is 6.92. The predicted molar refractivity (Wildman–Crippen MR) is 77.6 cm³/mol. The smallest absolute Gasteiger partial charge is 0.221 e. The Hall–Kier alpha value is -1.85. The number of amides is 1. The van der Waals surface area contributed by atoms with E-state index in [-0.39, 0.29) is 5.91 Å². The molecule has 2 N–H and O–H groups in total. The number of anilines is 2. The van der Waals surface area contributed by atoms with Crippen LogP contribution in [0.3, 0.4) is 0 Å². The first-order chi connectivity index (χ1) is 9.01. The van der Waals surface area contributed by atoms with Crippen molar-refractivity contribution in [3.8, 4) is 0 Å². The van der Waals surface area contributed by atoms with Crippen LogP contribution in [0.4, 0.5) is 11.6 Å². The third-order valence-corrected chi connectivity index (χ3v) is 2.99. The quantitative estimate of drug-likeness (QED) is 0.809. The summed E-state index contributed by atoms with van der Waals surface area (Å²) in [5, 5.41) is 5.71. The summed E-state index contributed by atoms with van der Waals surface area (Å²) in [6.45, 7) is 4.84. The molecule has 0 unspecified atom stereocenters. The van der Waals surface area contributed by atoms with Gasteiger partial charge in [-0.05, 0) is 5.92 Å². The standard InChI is InChI=1S/C13H23N5O/c1-9(2)11-12(15-4)16-8-17-13(11)18(5)7-6-10(19)14-3/h8-9H,6-7H2,1-5H3,(H,14,19)(H,15,16,17). The summed E-state index contributed by atoms with van der Waals surface area (Å²) in [4.78, 5) is 21.9. The Kier molecular flexibility index (Phi) is 5.54. The molecule has 1 rings (SSSR count). The fraction of sp³-hybridized carbons (Fsp3) is 0.615. The third kappa shape index (κ3) is 3.81. The van der Waals surface area contributed by atoms with Crippen molar-refractivity contribution >= 4 is 17.5 Å². The molecule has 0 radical (unpaired) electrons. The van der Waals surface area contributed by atoms with E-state index < -0.39 is 0 Å². The van der Waals surface area contributed by atoms with Gasteiger partial charge >= 0.3 is 0 Å². The molecule has 0 atom stereocenters. The van der Waals surface area contributed by atoms with Crippen LogP contribution in [0.15, 0.2) is 6.33 Å². The van der Waals surface area contributed by atoms with E-state index in [1.807, 2.05) is 19.0 Å². The molecule has 1 amide bonds. The minimum Gasteiger partial charge on any atom is -0.373 e. The zero-order chi connectivity index (χ0) is 14.4. The van der Waals surface area contributed by atoms with E-state index in [9.17, 15) is 4.79 Å². The maximum Gasteiger partial charge on any atom is 0.221 e. The van der Waals surface area contributed by atoms with Crippen molar-refractivity contribution in [2.24, 2.45) is 0 Å². The number of nitrogens with zero attached hydrogens (tertiary/aromatic N) is 3. The maximum atomic E-state index is 11.3. The van der Waals surface area contributed by atoms with E-state index in [0.717, 1.165) is 17.2 Å². The highest BCUT2D eigenvalue weighted by molar-refractivity contribution is 5.76. The lowest BCUT2D eigenvalue weighted by Crippen LogP contribution is -2.28. The Balaban J connectivity index is 2.95. The molecule has 1 aromatic heterocycles. The second-order valence-electron chi connectivity index (χ2n) is 4.71. The largest absolute Gasteiger partial charge is 0.373 e. The van der Waals surface area contributed by atoms with E-state index in [1.165, 1.54) is 0 Å². The Labute approximate surface area is 114 Å². The van der Waals surface area contributed by atoms with Crippen molar-refractivity contribution in [3.63, 3.8) is 0 Å². The van der Waals surface area contributed by atoms with Crippen molar-refractivity contribution in [1.82, 2.24) is 15.3 Å². The minimum absolute atomic E-state index is 0.0286. The van der Waals surface area contributed by atoms with Crippen LogP contribution in [0.1, 0.15) is 31.7 Å². The lowest BCUT2D eigenvalue weighted by molar-refractivity contribution is -0.120. The number of carbonyl (C=O) groups excluding carboxylic acids is 1. The lowest BCUT2D eigenvalue weighted by Gasteiger charge is -2.23. The molecule has 106 valence electrons.